The molecule has 0 aliphatic heterocycles. The highest BCUT2D eigenvalue weighted by Crippen LogP contribution is 2.21. The van der Waals surface area contributed by atoms with Crippen LogP contribution in [0.15, 0.2) is 18.2 Å². The van der Waals surface area contributed by atoms with Crippen molar-refractivity contribution >= 4 is 17.5 Å². The van der Waals surface area contributed by atoms with E-state index in [0.717, 1.165) is 5.56 Å². The number of alkyl halides is 1. The molecule has 0 spiro atoms. The van der Waals surface area contributed by atoms with Gasteiger partial charge in [-0.1, -0.05) is 6.07 Å². The van der Waals surface area contributed by atoms with E-state index in [1.54, 1.807) is 18.2 Å². The lowest BCUT2D eigenvalue weighted by Crippen LogP contribution is -2.49. The van der Waals surface area contributed by atoms with Gasteiger partial charge in [-0.15, -0.1) is 11.6 Å². The predicted molar refractivity (Wildman–Crippen MR) is 69.7 cm³/mol. The minimum Gasteiger partial charge on any atom is -0.507 e. The number of halogens is 1. The van der Waals surface area contributed by atoms with Crippen molar-refractivity contribution in [2.45, 2.75) is 38.6 Å². The summed E-state index contributed by atoms with van der Waals surface area (Å²) in [7, 11) is 0. The molecule has 0 fully saturated rings. The van der Waals surface area contributed by atoms with Crippen LogP contribution in [0.5, 0.6) is 5.75 Å². The maximum absolute atomic E-state index is 12.0. The minimum absolute atomic E-state index is 0.0134. The number of nitrogens with one attached hydrogen (secondary N) is 1. The Morgan fingerprint density at radius 1 is 1.47 bits per heavy atom. The predicted octanol–water partition coefficient (Wildman–Crippen LogP) is 2.84. The molecule has 0 aliphatic rings. The van der Waals surface area contributed by atoms with Gasteiger partial charge >= 0.3 is 0 Å². The average Bonchev–Trinajstić information content (AvgIpc) is 2.15. The second kappa shape index (κ2) is 4.96. The number of aromatic hydroxyl groups is 1. The third-order valence-corrected chi connectivity index (χ3v) is 3.37. The SMILES string of the molecule is Cc1ccc(C(=O)NC(C)(C)C(C)Cl)c(O)c1. The number of carbonyl (C=O) groups is 1. The van der Waals surface area contributed by atoms with E-state index >= 15 is 0 Å². The van der Waals surface area contributed by atoms with Crippen molar-refractivity contribution in [3.05, 3.63) is 29.3 Å². The lowest BCUT2D eigenvalue weighted by atomic mass is 10.0. The molecular weight excluding hydrogens is 238 g/mol. The van der Waals surface area contributed by atoms with Crippen molar-refractivity contribution in [2.24, 2.45) is 0 Å². The van der Waals surface area contributed by atoms with E-state index in [0.29, 0.717) is 0 Å². The Labute approximate surface area is 107 Å². The number of carbonyl (C=O) groups excluding carboxylic acids is 1. The van der Waals surface area contributed by atoms with Crippen molar-refractivity contribution in [1.29, 1.82) is 0 Å². The molecule has 1 aromatic rings. The molecule has 3 nitrogen and oxygen atoms in total. The Morgan fingerprint density at radius 3 is 2.53 bits per heavy atom. The Kier molecular flexibility index (Phi) is 4.04. The van der Waals surface area contributed by atoms with Crippen LogP contribution in [0, 0.1) is 6.92 Å². The van der Waals surface area contributed by atoms with Gasteiger partial charge in [0.15, 0.2) is 0 Å². The molecule has 94 valence electrons. The fraction of sp³-hybridized carbons (Fsp3) is 0.462. The van der Waals surface area contributed by atoms with Gasteiger partial charge in [0.05, 0.1) is 16.5 Å². The number of rotatable bonds is 3. The molecule has 0 aliphatic carbocycles. The van der Waals surface area contributed by atoms with Gasteiger partial charge < -0.3 is 10.4 Å². The smallest absolute Gasteiger partial charge is 0.255 e. The van der Waals surface area contributed by atoms with Gasteiger partial charge in [0.2, 0.25) is 0 Å². The Morgan fingerprint density at radius 2 is 2.06 bits per heavy atom. The summed E-state index contributed by atoms with van der Waals surface area (Å²) in [5.74, 6) is -0.333. The van der Waals surface area contributed by atoms with Crippen LogP contribution in [-0.2, 0) is 0 Å². The minimum atomic E-state index is -0.532. The van der Waals surface area contributed by atoms with Gasteiger partial charge in [0.25, 0.3) is 5.91 Å². The zero-order chi connectivity index (χ0) is 13.2. The molecule has 0 saturated heterocycles. The summed E-state index contributed by atoms with van der Waals surface area (Å²) in [4.78, 5) is 12.0. The van der Waals surface area contributed by atoms with Crippen molar-refractivity contribution in [2.75, 3.05) is 0 Å². The number of hydrogen-bond acceptors (Lipinski definition) is 2. The van der Waals surface area contributed by atoms with Crippen LogP contribution in [0.4, 0.5) is 0 Å². The van der Waals surface area contributed by atoms with Gasteiger partial charge in [-0.05, 0) is 45.4 Å². The molecular formula is C13H18ClNO2. The standard InChI is InChI=1S/C13H18ClNO2/c1-8-5-6-10(11(16)7-8)12(17)15-13(3,4)9(2)14/h5-7,9,16H,1-4H3,(H,15,17). The van der Waals surface area contributed by atoms with Crippen LogP contribution in [-0.4, -0.2) is 21.9 Å². The lowest BCUT2D eigenvalue weighted by Gasteiger charge is -2.29. The van der Waals surface area contributed by atoms with Gasteiger partial charge in [-0.25, -0.2) is 0 Å². The Hall–Kier alpha value is -1.22. The topological polar surface area (TPSA) is 49.3 Å². The number of aryl methyl sites for hydroxylation is 1. The summed E-state index contributed by atoms with van der Waals surface area (Å²) in [6.07, 6.45) is 0. The van der Waals surface area contributed by atoms with Gasteiger partial charge in [0, 0.05) is 0 Å². The molecule has 1 atom stereocenters. The molecule has 17 heavy (non-hydrogen) atoms. The van der Waals surface area contributed by atoms with E-state index in [4.69, 9.17) is 11.6 Å². The third kappa shape index (κ3) is 3.37. The summed E-state index contributed by atoms with van der Waals surface area (Å²) in [5, 5.41) is 12.3. The lowest BCUT2D eigenvalue weighted by molar-refractivity contribution is 0.0910. The first-order chi connectivity index (χ1) is 7.74. The highest BCUT2D eigenvalue weighted by atomic mass is 35.5. The molecule has 1 rings (SSSR count). The van der Waals surface area contributed by atoms with E-state index in [1.165, 1.54) is 0 Å². The van der Waals surface area contributed by atoms with Gasteiger partial charge in [0.1, 0.15) is 5.75 Å². The highest BCUT2D eigenvalue weighted by molar-refractivity contribution is 6.21. The average molecular weight is 256 g/mol. The van der Waals surface area contributed by atoms with Crippen molar-refractivity contribution in [3.63, 3.8) is 0 Å². The molecule has 1 amide bonds. The van der Waals surface area contributed by atoms with Crippen LogP contribution < -0.4 is 5.32 Å². The maximum Gasteiger partial charge on any atom is 0.255 e. The van der Waals surface area contributed by atoms with Crippen molar-refractivity contribution in [3.8, 4) is 5.75 Å². The largest absolute Gasteiger partial charge is 0.507 e. The zero-order valence-electron chi connectivity index (χ0n) is 10.5. The van der Waals surface area contributed by atoms with Crippen LogP contribution in [0.3, 0.4) is 0 Å². The number of benzene rings is 1. The first-order valence-electron chi connectivity index (χ1n) is 5.50. The Balaban J connectivity index is 2.91. The highest BCUT2D eigenvalue weighted by Gasteiger charge is 2.27. The maximum atomic E-state index is 12.0. The van der Waals surface area contributed by atoms with Gasteiger partial charge in [-0.2, -0.15) is 0 Å². The van der Waals surface area contributed by atoms with Crippen molar-refractivity contribution < 1.29 is 9.90 Å². The van der Waals surface area contributed by atoms with Crippen LogP contribution in [0.25, 0.3) is 0 Å². The van der Waals surface area contributed by atoms with E-state index < -0.39 is 5.54 Å². The molecule has 0 radical (unpaired) electrons. The molecule has 0 saturated carbocycles. The van der Waals surface area contributed by atoms with E-state index in [1.807, 2.05) is 27.7 Å². The Bertz CT molecular complexity index is 427. The monoisotopic (exact) mass is 255 g/mol. The molecule has 2 N–H and O–H groups in total. The number of phenolic OH excluding ortho intramolecular Hbond substituents is 1. The van der Waals surface area contributed by atoms with Crippen LogP contribution in [0.2, 0.25) is 0 Å². The molecule has 1 aromatic carbocycles. The summed E-state index contributed by atoms with van der Waals surface area (Å²) >= 11 is 5.99. The summed E-state index contributed by atoms with van der Waals surface area (Å²) in [6.45, 7) is 7.35. The normalized spacial score (nSPS) is 13.2. The van der Waals surface area contributed by atoms with E-state index in [2.05, 4.69) is 5.32 Å². The second-order valence-corrected chi connectivity index (χ2v) is 5.47. The number of phenols is 1. The van der Waals surface area contributed by atoms with E-state index in [-0.39, 0.29) is 22.6 Å². The molecule has 0 heterocycles. The fourth-order valence-corrected chi connectivity index (χ4v) is 1.35. The van der Waals surface area contributed by atoms with Crippen LogP contribution in [0.1, 0.15) is 36.7 Å². The van der Waals surface area contributed by atoms with E-state index in [9.17, 15) is 9.90 Å². The zero-order valence-corrected chi connectivity index (χ0v) is 11.3. The van der Waals surface area contributed by atoms with Crippen molar-refractivity contribution in [1.82, 2.24) is 5.32 Å². The summed E-state index contributed by atoms with van der Waals surface area (Å²) in [6, 6.07) is 4.95. The first-order valence-corrected chi connectivity index (χ1v) is 5.94. The fourth-order valence-electron chi connectivity index (χ4n) is 1.29. The summed E-state index contributed by atoms with van der Waals surface area (Å²) < 4.78 is 0. The number of amides is 1. The molecule has 0 aromatic heterocycles. The molecule has 1 unspecified atom stereocenters. The third-order valence-electron chi connectivity index (χ3n) is 2.83. The summed E-state index contributed by atoms with van der Waals surface area (Å²) in [5.41, 5.74) is 0.640. The molecule has 4 heteroatoms. The quantitative estimate of drug-likeness (QED) is 0.816. The van der Waals surface area contributed by atoms with Gasteiger partial charge in [-0.3, -0.25) is 4.79 Å². The first kappa shape index (κ1) is 13.8. The second-order valence-electron chi connectivity index (χ2n) is 4.81. The number of hydrogen-bond donors (Lipinski definition) is 2. The van der Waals surface area contributed by atoms with Crippen LogP contribution >= 0.6 is 11.6 Å². The molecule has 0 bridgehead atoms.